The first-order valence-electron chi connectivity index (χ1n) is 8.19. The van der Waals surface area contributed by atoms with Crippen LogP contribution in [0.5, 0.6) is 0 Å². The summed E-state index contributed by atoms with van der Waals surface area (Å²) in [6, 6.07) is 7.27. The first-order chi connectivity index (χ1) is 13.2. The average molecular weight is 411 g/mol. The average Bonchev–Trinajstić information content (AvgIpc) is 2.69. The van der Waals surface area contributed by atoms with Gasteiger partial charge in [0.2, 0.25) is 10.0 Å². The van der Waals surface area contributed by atoms with Crippen molar-refractivity contribution in [3.8, 4) is 0 Å². The number of carbonyl (C=O) groups is 1. The molecule has 1 aliphatic heterocycles. The maximum atomic E-state index is 13.9. The van der Waals surface area contributed by atoms with E-state index in [1.807, 2.05) is 0 Å². The number of halogens is 2. The molecule has 1 amide bonds. The third kappa shape index (κ3) is 3.85. The van der Waals surface area contributed by atoms with Crippen LogP contribution in [0.2, 0.25) is 0 Å². The summed E-state index contributed by atoms with van der Waals surface area (Å²) in [5.41, 5.74) is 0.0858. The molecule has 1 fully saturated rings. The Kier molecular flexibility index (Phi) is 5.38. The van der Waals surface area contributed by atoms with E-state index in [-0.39, 0.29) is 37.4 Å². The third-order valence-electron chi connectivity index (χ3n) is 4.36. The molecule has 0 aromatic heterocycles. The molecule has 0 saturated carbocycles. The van der Waals surface area contributed by atoms with Crippen molar-refractivity contribution < 1.29 is 26.9 Å². The summed E-state index contributed by atoms with van der Waals surface area (Å²) in [5, 5.41) is 10.7. The maximum Gasteiger partial charge on any atom is 0.269 e. The number of hydrogen-bond acceptors (Lipinski definition) is 5. The van der Waals surface area contributed by atoms with E-state index in [0.29, 0.717) is 6.07 Å². The van der Waals surface area contributed by atoms with Crippen LogP contribution in [-0.4, -0.2) is 54.6 Å². The first kappa shape index (κ1) is 19.8. The molecule has 2 aromatic carbocycles. The number of piperazine rings is 1. The molecule has 0 N–H and O–H groups in total. The molecule has 0 unspecified atom stereocenters. The Labute approximate surface area is 159 Å². The molecule has 0 radical (unpaired) electrons. The SMILES string of the molecule is O=C(c1ccc([N+](=O)[O-])cc1)N1CCN(S(=O)(=O)c2cc(F)ccc2F)CC1. The summed E-state index contributed by atoms with van der Waals surface area (Å²) in [7, 11) is -4.24. The molecule has 0 atom stereocenters. The summed E-state index contributed by atoms with van der Waals surface area (Å²) in [6.07, 6.45) is 0. The van der Waals surface area contributed by atoms with Crippen LogP contribution in [0.4, 0.5) is 14.5 Å². The van der Waals surface area contributed by atoms with Crippen molar-refractivity contribution in [2.75, 3.05) is 26.2 Å². The number of sulfonamides is 1. The molecule has 2 aromatic rings. The van der Waals surface area contributed by atoms with Gasteiger partial charge >= 0.3 is 0 Å². The van der Waals surface area contributed by atoms with E-state index >= 15 is 0 Å². The van der Waals surface area contributed by atoms with E-state index in [4.69, 9.17) is 0 Å². The number of amides is 1. The second-order valence-corrected chi connectivity index (χ2v) is 7.98. The van der Waals surface area contributed by atoms with Crippen molar-refractivity contribution in [2.24, 2.45) is 0 Å². The Morgan fingerprint density at radius 1 is 1.00 bits per heavy atom. The number of nitrogens with zero attached hydrogens (tertiary/aromatic N) is 3. The van der Waals surface area contributed by atoms with Crippen molar-refractivity contribution in [2.45, 2.75) is 4.90 Å². The van der Waals surface area contributed by atoms with Crippen molar-refractivity contribution in [3.63, 3.8) is 0 Å². The fraction of sp³-hybridized carbons (Fsp3) is 0.235. The molecule has 11 heteroatoms. The van der Waals surface area contributed by atoms with Gasteiger partial charge in [-0.05, 0) is 30.3 Å². The third-order valence-corrected chi connectivity index (χ3v) is 6.28. The van der Waals surface area contributed by atoms with Gasteiger partial charge in [-0.25, -0.2) is 17.2 Å². The Bertz CT molecular complexity index is 1020. The number of hydrogen-bond donors (Lipinski definition) is 0. The number of benzene rings is 2. The van der Waals surface area contributed by atoms with Gasteiger partial charge in [0, 0.05) is 43.9 Å². The lowest BCUT2D eigenvalue weighted by Crippen LogP contribution is -2.50. The summed E-state index contributed by atoms with van der Waals surface area (Å²) >= 11 is 0. The highest BCUT2D eigenvalue weighted by Crippen LogP contribution is 2.22. The number of carbonyl (C=O) groups excluding carboxylic acids is 1. The van der Waals surface area contributed by atoms with Crippen LogP contribution in [0.3, 0.4) is 0 Å². The van der Waals surface area contributed by atoms with Gasteiger partial charge < -0.3 is 4.90 Å². The molecule has 8 nitrogen and oxygen atoms in total. The van der Waals surface area contributed by atoms with Crippen LogP contribution in [0.1, 0.15) is 10.4 Å². The minimum atomic E-state index is -4.24. The van der Waals surface area contributed by atoms with E-state index in [1.54, 1.807) is 0 Å². The van der Waals surface area contributed by atoms with Gasteiger partial charge in [-0.2, -0.15) is 4.31 Å². The Balaban J connectivity index is 1.70. The second kappa shape index (κ2) is 7.60. The van der Waals surface area contributed by atoms with Gasteiger partial charge in [-0.1, -0.05) is 0 Å². The highest BCUT2D eigenvalue weighted by atomic mass is 32.2. The van der Waals surface area contributed by atoms with E-state index in [0.717, 1.165) is 16.4 Å². The lowest BCUT2D eigenvalue weighted by atomic mass is 10.1. The first-order valence-corrected chi connectivity index (χ1v) is 9.63. The lowest BCUT2D eigenvalue weighted by molar-refractivity contribution is -0.384. The van der Waals surface area contributed by atoms with E-state index in [1.165, 1.54) is 29.2 Å². The van der Waals surface area contributed by atoms with Crippen molar-refractivity contribution in [1.82, 2.24) is 9.21 Å². The molecular weight excluding hydrogens is 396 g/mol. The molecule has 28 heavy (non-hydrogen) atoms. The quantitative estimate of drug-likeness (QED) is 0.566. The summed E-state index contributed by atoms with van der Waals surface area (Å²) < 4.78 is 53.3. The predicted molar refractivity (Wildman–Crippen MR) is 94.1 cm³/mol. The fourth-order valence-electron chi connectivity index (χ4n) is 2.85. The minimum absolute atomic E-state index is 0.0476. The van der Waals surface area contributed by atoms with E-state index < -0.39 is 37.4 Å². The molecule has 0 spiro atoms. The monoisotopic (exact) mass is 411 g/mol. The minimum Gasteiger partial charge on any atom is -0.336 e. The molecule has 1 saturated heterocycles. The van der Waals surface area contributed by atoms with Crippen LogP contribution >= 0.6 is 0 Å². The number of rotatable bonds is 4. The molecular formula is C17H15F2N3O5S. The summed E-state index contributed by atoms with van der Waals surface area (Å²) in [4.78, 5) is 23.2. The van der Waals surface area contributed by atoms with Crippen molar-refractivity contribution >= 4 is 21.6 Å². The molecule has 1 heterocycles. The Hall–Kier alpha value is -2.92. The summed E-state index contributed by atoms with van der Waals surface area (Å²) in [5.74, 6) is -2.32. The lowest BCUT2D eigenvalue weighted by Gasteiger charge is -2.34. The molecule has 1 aliphatic rings. The standard InChI is InChI=1S/C17H15F2N3O5S/c18-13-3-6-15(19)16(11-13)28(26,27)21-9-7-20(8-10-21)17(23)12-1-4-14(5-2-12)22(24)25/h1-6,11H,7-10H2. The van der Waals surface area contributed by atoms with Gasteiger partial charge in [0.15, 0.2) is 0 Å². The van der Waals surface area contributed by atoms with Crippen LogP contribution in [0.15, 0.2) is 47.4 Å². The van der Waals surface area contributed by atoms with Gasteiger partial charge in [-0.3, -0.25) is 14.9 Å². The fourth-order valence-corrected chi connectivity index (χ4v) is 4.35. The Morgan fingerprint density at radius 3 is 2.18 bits per heavy atom. The molecule has 0 aliphatic carbocycles. The van der Waals surface area contributed by atoms with Gasteiger partial charge in [-0.15, -0.1) is 0 Å². The van der Waals surface area contributed by atoms with E-state index in [2.05, 4.69) is 0 Å². The second-order valence-electron chi connectivity index (χ2n) is 6.08. The van der Waals surface area contributed by atoms with Gasteiger partial charge in [0.05, 0.1) is 4.92 Å². The van der Waals surface area contributed by atoms with Crippen LogP contribution in [-0.2, 0) is 10.0 Å². The zero-order valence-electron chi connectivity index (χ0n) is 14.4. The number of non-ortho nitro benzene ring substituents is 1. The van der Waals surface area contributed by atoms with Crippen molar-refractivity contribution in [3.05, 3.63) is 69.8 Å². The Morgan fingerprint density at radius 2 is 1.61 bits per heavy atom. The van der Waals surface area contributed by atoms with Gasteiger partial charge in [0.25, 0.3) is 11.6 Å². The maximum absolute atomic E-state index is 13.9. The molecule has 0 bridgehead atoms. The molecule has 148 valence electrons. The predicted octanol–water partition coefficient (Wildman–Crippen LogP) is 2.02. The normalized spacial score (nSPS) is 15.4. The number of nitro benzene ring substituents is 1. The topological polar surface area (TPSA) is 101 Å². The van der Waals surface area contributed by atoms with Crippen molar-refractivity contribution in [1.29, 1.82) is 0 Å². The summed E-state index contributed by atoms with van der Waals surface area (Å²) in [6.45, 7) is -0.0774. The number of nitro groups is 1. The highest BCUT2D eigenvalue weighted by molar-refractivity contribution is 7.89. The highest BCUT2D eigenvalue weighted by Gasteiger charge is 2.32. The van der Waals surface area contributed by atoms with Crippen LogP contribution < -0.4 is 0 Å². The smallest absolute Gasteiger partial charge is 0.269 e. The largest absolute Gasteiger partial charge is 0.336 e. The van der Waals surface area contributed by atoms with E-state index in [9.17, 15) is 32.1 Å². The zero-order chi connectivity index (χ0) is 20.5. The zero-order valence-corrected chi connectivity index (χ0v) is 15.2. The van der Waals surface area contributed by atoms with Gasteiger partial charge in [0.1, 0.15) is 16.5 Å². The van der Waals surface area contributed by atoms with Crippen LogP contribution in [0, 0.1) is 21.7 Å². The molecule has 3 rings (SSSR count). The van der Waals surface area contributed by atoms with Crippen LogP contribution in [0.25, 0.3) is 0 Å².